The zero-order chi connectivity index (χ0) is 47.2. The average Bonchev–Trinajstić information content (AvgIpc) is 4.19. The molecule has 4 aromatic heterocycles. The van der Waals surface area contributed by atoms with Gasteiger partial charge in [0.25, 0.3) is 0 Å². The molecule has 4 aromatic carbocycles. The van der Waals surface area contributed by atoms with Crippen LogP contribution in [0.3, 0.4) is 0 Å². The molecule has 2 aliphatic heterocycles. The molecule has 0 aliphatic carbocycles. The summed E-state index contributed by atoms with van der Waals surface area (Å²) in [5, 5.41) is 18.8. The minimum Gasteiger partial charge on any atom is -0.487 e. The number of thiophene rings is 4. The molecule has 0 bridgehead atoms. The molecule has 8 aromatic rings. The maximum Gasteiger partial charge on any atom is 0.328 e. The maximum absolute atomic E-state index is 12.4. The first-order valence-corrected chi connectivity index (χ1v) is 25.2. The number of hydrogen-bond donors (Lipinski definition) is 3. The second-order valence-corrected chi connectivity index (χ2v) is 20.4. The van der Waals surface area contributed by atoms with Crippen LogP contribution in [0.5, 0.6) is 11.5 Å². The number of Topliss-reactive ketones (excluding diaryl/α,β-unsaturated/α-hetero) is 2. The van der Waals surface area contributed by atoms with Crippen molar-refractivity contribution < 1.29 is 33.8 Å². The molecule has 4 N–H and O–H groups in total. The van der Waals surface area contributed by atoms with Crippen molar-refractivity contribution in [1.82, 2.24) is 5.32 Å². The fourth-order valence-corrected chi connectivity index (χ4v) is 11.7. The first-order chi connectivity index (χ1) is 32.3. The van der Waals surface area contributed by atoms with Crippen molar-refractivity contribution >= 4 is 137 Å². The van der Waals surface area contributed by atoms with Crippen LogP contribution in [-0.2, 0) is 22.4 Å². The van der Waals surface area contributed by atoms with Crippen LogP contribution in [0.15, 0.2) is 120 Å². The van der Waals surface area contributed by atoms with E-state index >= 15 is 0 Å². The van der Waals surface area contributed by atoms with E-state index in [4.69, 9.17) is 43.5 Å². The third kappa shape index (κ3) is 12.0. The molecule has 68 heavy (non-hydrogen) atoms. The van der Waals surface area contributed by atoms with E-state index in [0.717, 1.165) is 81.9 Å². The molecule has 2 unspecified atom stereocenters. The molecule has 16 heteroatoms. The van der Waals surface area contributed by atoms with Gasteiger partial charge in [-0.05, 0) is 130 Å². The van der Waals surface area contributed by atoms with Crippen molar-refractivity contribution in [1.29, 1.82) is 0 Å². The van der Waals surface area contributed by atoms with Crippen LogP contribution in [0.25, 0.3) is 53.2 Å². The molecule has 0 saturated carbocycles. The van der Waals surface area contributed by atoms with Gasteiger partial charge in [0.1, 0.15) is 23.7 Å². The Morgan fingerprint density at radius 2 is 1.16 bits per heavy atom. The van der Waals surface area contributed by atoms with Gasteiger partial charge in [0.2, 0.25) is 5.91 Å². The summed E-state index contributed by atoms with van der Waals surface area (Å²) in [5.41, 5.74) is 11.7. The largest absolute Gasteiger partial charge is 0.487 e. The van der Waals surface area contributed by atoms with Crippen molar-refractivity contribution in [2.45, 2.75) is 38.9 Å². The van der Waals surface area contributed by atoms with E-state index in [1.165, 1.54) is 32.1 Å². The number of amides is 1. The average molecular weight is 1040 g/mol. The van der Waals surface area contributed by atoms with Crippen LogP contribution in [0.1, 0.15) is 55.4 Å². The Hall–Kier alpha value is -5.61. The Morgan fingerprint density at radius 3 is 1.63 bits per heavy atom. The van der Waals surface area contributed by atoms with E-state index in [-0.39, 0.29) is 42.1 Å². The van der Waals surface area contributed by atoms with Gasteiger partial charge in [-0.1, -0.05) is 59.6 Å². The highest BCUT2D eigenvalue weighted by Crippen LogP contribution is 2.42. The molecule has 10 rings (SSSR count). The number of nitrogens with two attached hydrogens (primary N) is 1. The summed E-state index contributed by atoms with van der Waals surface area (Å²) in [6.45, 7) is 4.01. The van der Waals surface area contributed by atoms with E-state index in [2.05, 4.69) is 35.0 Å². The molecule has 0 radical (unpaired) electrons. The quantitative estimate of drug-likeness (QED) is 0.0858. The van der Waals surface area contributed by atoms with E-state index < -0.39 is 5.97 Å². The third-order valence-electron chi connectivity index (χ3n) is 10.8. The van der Waals surface area contributed by atoms with Crippen molar-refractivity contribution in [2.24, 2.45) is 5.73 Å². The molecular formula is C52H43Cl3N2O7S4. The highest BCUT2D eigenvalue weighted by Gasteiger charge is 2.27. The number of carbonyl (C=O) groups is 4. The summed E-state index contributed by atoms with van der Waals surface area (Å²) in [6, 6.07) is 31.6. The molecule has 6 heterocycles. The molecule has 0 fully saturated rings. The number of carbonyl (C=O) groups excluding carboxylic acids is 3. The summed E-state index contributed by atoms with van der Waals surface area (Å²) in [7, 11) is 0. The zero-order valence-corrected chi connectivity index (χ0v) is 42.1. The van der Waals surface area contributed by atoms with Crippen LogP contribution in [0.4, 0.5) is 0 Å². The van der Waals surface area contributed by atoms with Gasteiger partial charge in [0.15, 0.2) is 11.6 Å². The summed E-state index contributed by atoms with van der Waals surface area (Å²) >= 11 is 19.0. The molecule has 348 valence electrons. The number of fused-ring (bicyclic) bond motifs is 4. The van der Waals surface area contributed by atoms with E-state index in [1.807, 2.05) is 84.3 Å². The van der Waals surface area contributed by atoms with Gasteiger partial charge in [-0.3, -0.25) is 14.4 Å². The minimum atomic E-state index is -0.916. The number of ether oxygens (including phenoxy) is 2. The SMILES string of the molecule is CC(=O)c1ccc(-c2cc(Cl)c3c(c2)CC(CN)O3)s1.CC(=O)c1ccc(-c2cc(Cl)c3c(c2)CC(CNC(=O)/C=C/c2csc4ccccc24)O3)s1.Cl.O=C(O)/C=C/c1csc2ccccc12. The molecule has 2 aliphatic rings. The van der Waals surface area contributed by atoms with E-state index in [9.17, 15) is 19.2 Å². The first-order valence-electron chi connectivity index (χ1n) is 21.0. The lowest BCUT2D eigenvalue weighted by atomic mass is 10.1. The third-order valence-corrected chi connectivity index (χ3v) is 15.8. The normalized spacial score (nSPS) is 14.5. The number of halogens is 3. The van der Waals surface area contributed by atoms with Crippen molar-refractivity contribution in [3.8, 4) is 32.4 Å². The summed E-state index contributed by atoms with van der Waals surface area (Å²) in [4.78, 5) is 49.2. The Balaban J connectivity index is 0.000000166. The second kappa shape index (κ2) is 22.7. The fourth-order valence-electron chi connectivity index (χ4n) is 7.52. The number of rotatable bonds is 11. The Labute approximate surface area is 424 Å². The number of hydrogen-bond acceptors (Lipinski definition) is 11. The Bertz CT molecular complexity index is 3220. The van der Waals surface area contributed by atoms with Gasteiger partial charge < -0.3 is 25.6 Å². The maximum atomic E-state index is 12.4. The van der Waals surface area contributed by atoms with Gasteiger partial charge in [-0.25, -0.2) is 4.79 Å². The van der Waals surface area contributed by atoms with Crippen molar-refractivity contribution in [2.75, 3.05) is 13.1 Å². The van der Waals surface area contributed by atoms with Crippen LogP contribution < -0.4 is 20.5 Å². The van der Waals surface area contributed by atoms with Crippen LogP contribution in [0, 0.1) is 0 Å². The molecule has 0 saturated heterocycles. The number of nitrogens with one attached hydrogen (secondary N) is 1. The first kappa shape index (κ1) is 50.3. The molecule has 2 atom stereocenters. The molecule has 9 nitrogen and oxygen atoms in total. The van der Waals surface area contributed by atoms with E-state index in [1.54, 1.807) is 48.7 Å². The lowest BCUT2D eigenvalue weighted by molar-refractivity contribution is -0.131. The predicted octanol–water partition coefficient (Wildman–Crippen LogP) is 13.6. The number of carboxylic acid groups (broad SMARTS) is 1. The lowest BCUT2D eigenvalue weighted by Gasteiger charge is -2.11. The summed E-state index contributed by atoms with van der Waals surface area (Å²) in [5.74, 6) is 0.476. The zero-order valence-electron chi connectivity index (χ0n) is 36.5. The summed E-state index contributed by atoms with van der Waals surface area (Å²) < 4.78 is 14.1. The van der Waals surface area contributed by atoms with E-state index in [0.29, 0.717) is 35.3 Å². The molecule has 1 amide bonds. The number of carboxylic acids is 1. The lowest BCUT2D eigenvalue weighted by Crippen LogP contribution is -2.33. The topological polar surface area (TPSA) is 145 Å². The van der Waals surface area contributed by atoms with Crippen LogP contribution in [0.2, 0.25) is 10.0 Å². The van der Waals surface area contributed by atoms with Gasteiger partial charge in [-0.15, -0.1) is 57.8 Å². The minimum absolute atomic E-state index is 0. The van der Waals surface area contributed by atoms with Gasteiger partial charge in [0, 0.05) is 61.8 Å². The van der Waals surface area contributed by atoms with Crippen LogP contribution in [-0.4, -0.2) is 53.8 Å². The predicted molar refractivity (Wildman–Crippen MR) is 284 cm³/mol. The monoisotopic (exact) mass is 1040 g/mol. The van der Waals surface area contributed by atoms with Crippen LogP contribution >= 0.6 is 81.0 Å². The number of ketones is 2. The smallest absolute Gasteiger partial charge is 0.328 e. The fraction of sp³-hybridized carbons (Fsp3) is 0.154. The number of benzene rings is 4. The standard InChI is InChI=1S/C26H20ClNO3S2.C15H14ClNO2S.C11H8O2S.ClH/c1-15(29)22-7-8-23(33-22)17-10-18-11-19(31-26(18)21(27)12-17)13-28-25(30)9-6-16-14-32-24-5-3-2-4-20(16)24;1-8(18)13-2-3-14(20-13)9-4-10-5-11(7-17)19-15(10)12(16)6-9;12-11(13)6-5-8-7-14-10-4-2-1-3-9(8)10;/h2-10,12,14,19H,11,13H2,1H3,(H,28,30);2-4,6,11H,5,7,17H2,1H3;1-7H,(H,12,13);1H/b9-6+;;6-5+;. The van der Waals surface area contributed by atoms with Gasteiger partial charge in [0.05, 0.1) is 26.3 Å². The Kier molecular flexibility index (Phi) is 16.8. The Morgan fingerprint density at radius 1 is 0.691 bits per heavy atom. The highest BCUT2D eigenvalue weighted by atomic mass is 35.5. The molecular weight excluding hydrogens is 999 g/mol. The highest BCUT2D eigenvalue weighted by molar-refractivity contribution is 7.18. The van der Waals surface area contributed by atoms with Gasteiger partial charge in [-0.2, -0.15) is 0 Å². The summed E-state index contributed by atoms with van der Waals surface area (Å²) in [6.07, 6.45) is 7.47. The second-order valence-electron chi connectivity index (χ2n) is 15.6. The van der Waals surface area contributed by atoms with Crippen molar-refractivity contribution in [3.05, 3.63) is 162 Å². The van der Waals surface area contributed by atoms with Gasteiger partial charge >= 0.3 is 5.97 Å². The number of aliphatic carboxylic acids is 1. The van der Waals surface area contributed by atoms with Crippen molar-refractivity contribution in [3.63, 3.8) is 0 Å². The molecule has 0 spiro atoms.